The summed E-state index contributed by atoms with van der Waals surface area (Å²) in [5.41, 5.74) is 0.867. The predicted octanol–water partition coefficient (Wildman–Crippen LogP) is 3.43. The van der Waals surface area contributed by atoms with E-state index in [0.717, 1.165) is 48.8 Å². The normalized spacial score (nSPS) is 21.0. The summed E-state index contributed by atoms with van der Waals surface area (Å²) in [5.74, 6) is 2.37. The second kappa shape index (κ2) is 6.27. The molecule has 1 atom stereocenters. The molecule has 0 spiro atoms. The molecular formula is C17H22N4O2S. The number of thiazole rings is 1. The third-order valence-corrected chi connectivity index (χ3v) is 5.85. The Morgan fingerprint density at radius 3 is 2.92 bits per heavy atom. The van der Waals surface area contributed by atoms with Crippen LogP contribution in [0, 0.1) is 0 Å². The van der Waals surface area contributed by atoms with Crippen molar-refractivity contribution in [3.63, 3.8) is 0 Å². The van der Waals surface area contributed by atoms with E-state index >= 15 is 0 Å². The molecule has 0 bridgehead atoms. The van der Waals surface area contributed by atoms with Crippen molar-refractivity contribution in [1.82, 2.24) is 20.0 Å². The summed E-state index contributed by atoms with van der Waals surface area (Å²) in [6.07, 6.45) is 4.52. The lowest BCUT2D eigenvalue weighted by Crippen LogP contribution is -2.32. The van der Waals surface area contributed by atoms with Gasteiger partial charge in [0.05, 0.1) is 23.2 Å². The highest BCUT2D eigenvalue weighted by atomic mass is 32.1. The molecule has 2 aromatic rings. The van der Waals surface area contributed by atoms with Crippen LogP contribution in [-0.4, -0.2) is 32.5 Å². The quantitative estimate of drug-likeness (QED) is 0.829. The van der Waals surface area contributed by atoms with Crippen LogP contribution in [0.25, 0.3) is 0 Å². The molecule has 1 saturated carbocycles. The van der Waals surface area contributed by atoms with E-state index in [2.05, 4.69) is 29.0 Å². The first-order chi connectivity index (χ1) is 11.6. The standard InChI is InChI=1S/C17H22N4O2S/c1-10(2)17-18-12(9-24-17)8-14(22)21-7-3-4-13(21)15-19-16(23-20-15)11-5-6-11/h9-11,13H,3-8H2,1-2H3. The third kappa shape index (κ3) is 3.09. The van der Waals surface area contributed by atoms with Gasteiger partial charge >= 0.3 is 0 Å². The van der Waals surface area contributed by atoms with Crippen molar-refractivity contribution in [2.45, 2.75) is 63.8 Å². The summed E-state index contributed by atoms with van der Waals surface area (Å²) in [6.45, 7) is 5.00. The molecule has 24 heavy (non-hydrogen) atoms. The highest BCUT2D eigenvalue weighted by Gasteiger charge is 2.36. The Hall–Kier alpha value is -1.76. The van der Waals surface area contributed by atoms with E-state index in [4.69, 9.17) is 4.52 Å². The van der Waals surface area contributed by atoms with Crippen LogP contribution in [0.1, 0.15) is 79.8 Å². The molecule has 1 amide bonds. The number of hydrogen-bond donors (Lipinski definition) is 0. The lowest BCUT2D eigenvalue weighted by Gasteiger charge is -2.21. The molecule has 1 saturated heterocycles. The van der Waals surface area contributed by atoms with Crippen LogP contribution >= 0.6 is 11.3 Å². The zero-order chi connectivity index (χ0) is 16.7. The lowest BCUT2D eigenvalue weighted by atomic mass is 10.2. The molecule has 1 aliphatic carbocycles. The Kier molecular flexibility index (Phi) is 4.12. The lowest BCUT2D eigenvalue weighted by molar-refractivity contribution is -0.131. The van der Waals surface area contributed by atoms with Gasteiger partial charge in [-0.2, -0.15) is 4.98 Å². The van der Waals surface area contributed by atoms with Gasteiger partial charge in [-0.3, -0.25) is 4.79 Å². The largest absolute Gasteiger partial charge is 0.339 e. The SMILES string of the molecule is CC(C)c1nc(CC(=O)N2CCCC2c2noc(C3CC3)n2)cs1. The Balaban J connectivity index is 1.45. The maximum absolute atomic E-state index is 12.7. The molecule has 7 heteroatoms. The second-order valence-electron chi connectivity index (χ2n) is 7.02. The van der Waals surface area contributed by atoms with Crippen molar-refractivity contribution in [1.29, 1.82) is 0 Å². The second-order valence-corrected chi connectivity index (χ2v) is 7.91. The first-order valence-corrected chi connectivity index (χ1v) is 9.57. The fourth-order valence-corrected chi connectivity index (χ4v) is 3.97. The van der Waals surface area contributed by atoms with Gasteiger partial charge in [0, 0.05) is 23.8 Å². The average molecular weight is 346 g/mol. The van der Waals surface area contributed by atoms with Gasteiger partial charge in [0.1, 0.15) is 0 Å². The molecule has 2 fully saturated rings. The summed E-state index contributed by atoms with van der Waals surface area (Å²) >= 11 is 1.63. The molecule has 6 nitrogen and oxygen atoms in total. The van der Waals surface area contributed by atoms with E-state index in [1.165, 1.54) is 0 Å². The number of hydrogen-bond acceptors (Lipinski definition) is 6. The topological polar surface area (TPSA) is 72.1 Å². The molecule has 1 aliphatic heterocycles. The van der Waals surface area contributed by atoms with Crippen LogP contribution in [-0.2, 0) is 11.2 Å². The number of rotatable bonds is 5. The van der Waals surface area contributed by atoms with Crippen molar-refractivity contribution >= 4 is 17.2 Å². The van der Waals surface area contributed by atoms with Crippen LogP contribution < -0.4 is 0 Å². The smallest absolute Gasteiger partial charge is 0.229 e. The molecule has 1 unspecified atom stereocenters. The number of aromatic nitrogens is 3. The zero-order valence-corrected chi connectivity index (χ0v) is 14.9. The molecule has 3 heterocycles. The van der Waals surface area contributed by atoms with E-state index < -0.39 is 0 Å². The average Bonchev–Trinajstić information content (AvgIpc) is 2.98. The molecule has 0 aromatic carbocycles. The highest BCUT2D eigenvalue weighted by molar-refractivity contribution is 7.09. The molecule has 128 valence electrons. The summed E-state index contributed by atoms with van der Waals surface area (Å²) in [7, 11) is 0. The van der Waals surface area contributed by atoms with E-state index in [-0.39, 0.29) is 11.9 Å². The Morgan fingerprint density at radius 2 is 2.21 bits per heavy atom. The number of carbonyl (C=O) groups excluding carboxylic acids is 1. The molecule has 0 N–H and O–H groups in total. The van der Waals surface area contributed by atoms with E-state index in [9.17, 15) is 4.79 Å². The van der Waals surface area contributed by atoms with Crippen molar-refractivity contribution in [2.75, 3.05) is 6.54 Å². The first kappa shape index (κ1) is 15.7. The number of amides is 1. The van der Waals surface area contributed by atoms with Crippen molar-refractivity contribution in [2.24, 2.45) is 0 Å². The molecular weight excluding hydrogens is 324 g/mol. The molecule has 0 radical (unpaired) electrons. The highest BCUT2D eigenvalue weighted by Crippen LogP contribution is 2.40. The number of carbonyl (C=O) groups is 1. The Morgan fingerprint density at radius 1 is 1.38 bits per heavy atom. The van der Waals surface area contributed by atoms with Crippen molar-refractivity contribution in [3.8, 4) is 0 Å². The third-order valence-electron chi connectivity index (χ3n) is 4.65. The maximum Gasteiger partial charge on any atom is 0.229 e. The molecule has 2 aromatic heterocycles. The van der Waals surface area contributed by atoms with E-state index in [1.807, 2.05) is 10.3 Å². The first-order valence-electron chi connectivity index (χ1n) is 8.69. The van der Waals surface area contributed by atoms with Crippen LogP contribution in [0.15, 0.2) is 9.90 Å². The van der Waals surface area contributed by atoms with Gasteiger partial charge in [0.15, 0.2) is 5.82 Å². The number of nitrogens with zero attached hydrogens (tertiary/aromatic N) is 4. The van der Waals surface area contributed by atoms with E-state index in [1.54, 1.807) is 11.3 Å². The molecule has 4 rings (SSSR count). The van der Waals surface area contributed by atoms with Gasteiger partial charge in [-0.25, -0.2) is 4.98 Å². The van der Waals surface area contributed by atoms with Gasteiger partial charge in [0.25, 0.3) is 0 Å². The monoisotopic (exact) mass is 346 g/mol. The summed E-state index contributed by atoms with van der Waals surface area (Å²) < 4.78 is 5.37. The van der Waals surface area contributed by atoms with Gasteiger partial charge in [0.2, 0.25) is 11.8 Å². The van der Waals surface area contributed by atoms with E-state index in [0.29, 0.717) is 24.1 Å². The fraction of sp³-hybridized carbons (Fsp3) is 0.647. The van der Waals surface area contributed by atoms with Crippen LogP contribution in [0.5, 0.6) is 0 Å². The minimum atomic E-state index is -0.0445. The summed E-state index contributed by atoms with van der Waals surface area (Å²) in [4.78, 5) is 23.7. The van der Waals surface area contributed by atoms with Gasteiger partial charge in [-0.1, -0.05) is 19.0 Å². The summed E-state index contributed by atoms with van der Waals surface area (Å²) in [5, 5.41) is 7.22. The number of likely N-dealkylation sites (tertiary alicyclic amines) is 1. The minimum absolute atomic E-state index is 0.0445. The van der Waals surface area contributed by atoms with Crippen LogP contribution in [0.3, 0.4) is 0 Å². The Labute approximate surface area is 145 Å². The minimum Gasteiger partial charge on any atom is -0.339 e. The fourth-order valence-electron chi connectivity index (χ4n) is 3.14. The summed E-state index contributed by atoms with van der Waals surface area (Å²) in [6, 6.07) is -0.0445. The van der Waals surface area contributed by atoms with Crippen LogP contribution in [0.2, 0.25) is 0 Å². The van der Waals surface area contributed by atoms with Crippen molar-refractivity contribution < 1.29 is 9.32 Å². The molecule has 2 aliphatic rings. The predicted molar refractivity (Wildman–Crippen MR) is 89.9 cm³/mol. The van der Waals surface area contributed by atoms with Gasteiger partial charge in [-0.05, 0) is 25.7 Å². The van der Waals surface area contributed by atoms with Gasteiger partial charge in [-0.15, -0.1) is 11.3 Å². The zero-order valence-electron chi connectivity index (χ0n) is 14.1. The maximum atomic E-state index is 12.7. The van der Waals surface area contributed by atoms with Gasteiger partial charge < -0.3 is 9.42 Å². The van der Waals surface area contributed by atoms with Crippen molar-refractivity contribution in [3.05, 3.63) is 27.8 Å². The Bertz CT molecular complexity index is 735. The van der Waals surface area contributed by atoms with Crippen LogP contribution in [0.4, 0.5) is 0 Å².